The Labute approximate surface area is 158 Å². The number of ketones is 1. The van der Waals surface area contributed by atoms with Crippen molar-refractivity contribution < 1.29 is 23.7 Å². The number of aliphatic imine (C=N–C) groups is 1. The van der Waals surface area contributed by atoms with E-state index in [2.05, 4.69) is 4.99 Å². The van der Waals surface area contributed by atoms with Crippen LogP contribution in [0.3, 0.4) is 0 Å². The number of methoxy groups -OCH3 is 4. The smallest absolute Gasteiger partial charge is 0.211 e. The van der Waals surface area contributed by atoms with Crippen LogP contribution in [0.5, 0.6) is 23.0 Å². The first-order chi connectivity index (χ1) is 13.0. The van der Waals surface area contributed by atoms with Gasteiger partial charge in [0, 0.05) is 11.1 Å². The van der Waals surface area contributed by atoms with E-state index in [1.54, 1.807) is 46.6 Å². The Morgan fingerprint density at radius 1 is 0.889 bits per heavy atom. The highest BCUT2D eigenvalue weighted by Crippen LogP contribution is 2.35. The van der Waals surface area contributed by atoms with E-state index in [1.165, 1.54) is 0 Å². The summed E-state index contributed by atoms with van der Waals surface area (Å²) in [4.78, 5) is 17.9. The van der Waals surface area contributed by atoms with Crippen molar-refractivity contribution in [2.45, 2.75) is 19.4 Å². The van der Waals surface area contributed by atoms with Gasteiger partial charge in [-0.15, -0.1) is 0 Å². The maximum absolute atomic E-state index is 13.2. The van der Waals surface area contributed by atoms with Gasteiger partial charge in [0.2, 0.25) is 5.78 Å². The molecule has 1 unspecified atom stereocenters. The molecule has 0 aliphatic carbocycles. The maximum Gasteiger partial charge on any atom is 0.211 e. The highest BCUT2D eigenvalue weighted by atomic mass is 16.5. The minimum absolute atomic E-state index is 0.00491. The second-order valence-electron chi connectivity index (χ2n) is 6.29. The Hall–Kier alpha value is -3.02. The topological polar surface area (TPSA) is 66.4 Å². The molecule has 142 valence electrons. The molecule has 6 nitrogen and oxygen atoms in total. The average molecular weight is 369 g/mol. The van der Waals surface area contributed by atoms with Crippen LogP contribution in [0.15, 0.2) is 35.3 Å². The van der Waals surface area contributed by atoms with Gasteiger partial charge in [-0.25, -0.2) is 0 Å². The van der Waals surface area contributed by atoms with E-state index in [1.807, 2.05) is 19.1 Å². The van der Waals surface area contributed by atoms with Crippen molar-refractivity contribution in [1.29, 1.82) is 0 Å². The van der Waals surface area contributed by atoms with E-state index in [9.17, 15) is 4.79 Å². The lowest BCUT2D eigenvalue weighted by Crippen LogP contribution is -2.25. The summed E-state index contributed by atoms with van der Waals surface area (Å²) in [5, 5.41) is 0. The number of hydrogen-bond donors (Lipinski definition) is 0. The molecule has 1 atom stereocenters. The molecule has 0 N–H and O–H groups in total. The predicted molar refractivity (Wildman–Crippen MR) is 103 cm³/mol. The molecule has 3 rings (SSSR count). The lowest BCUT2D eigenvalue weighted by Gasteiger charge is -2.22. The maximum atomic E-state index is 13.2. The molecule has 0 fully saturated rings. The van der Waals surface area contributed by atoms with E-state index < -0.39 is 0 Å². The first kappa shape index (κ1) is 18.8. The average Bonchev–Trinajstić information content (AvgIpc) is 2.70. The highest BCUT2D eigenvalue weighted by Gasteiger charge is 2.27. The Bertz CT molecular complexity index is 904. The van der Waals surface area contributed by atoms with Gasteiger partial charge in [0.05, 0.1) is 34.5 Å². The van der Waals surface area contributed by atoms with Gasteiger partial charge in [-0.2, -0.15) is 0 Å². The van der Waals surface area contributed by atoms with E-state index in [0.29, 0.717) is 34.3 Å². The second kappa shape index (κ2) is 7.70. The third-order valence-electron chi connectivity index (χ3n) is 4.59. The number of hydrogen-bond acceptors (Lipinski definition) is 6. The summed E-state index contributed by atoms with van der Waals surface area (Å²) in [5.74, 6) is 2.11. The zero-order chi connectivity index (χ0) is 19.6. The summed E-state index contributed by atoms with van der Waals surface area (Å²) in [5.41, 5.74) is 2.68. The van der Waals surface area contributed by atoms with Crippen LogP contribution < -0.4 is 18.9 Å². The van der Waals surface area contributed by atoms with Crippen LogP contribution in [0.2, 0.25) is 0 Å². The van der Waals surface area contributed by atoms with Gasteiger partial charge < -0.3 is 18.9 Å². The van der Waals surface area contributed by atoms with Crippen molar-refractivity contribution in [1.82, 2.24) is 0 Å². The summed E-state index contributed by atoms with van der Waals surface area (Å²) >= 11 is 0. The Balaban J connectivity index is 2.08. The predicted octanol–water partition coefficient (Wildman–Crippen LogP) is 3.34. The molecule has 2 aromatic carbocycles. The fourth-order valence-electron chi connectivity index (χ4n) is 3.26. The molecule has 0 aromatic heterocycles. The number of carbonyl (C=O) groups is 1. The molecule has 0 saturated heterocycles. The molecule has 6 heteroatoms. The SMILES string of the molecule is COc1ccc(C(=O)C2=NC(C)Cc3cc(OC)c(OC)cc32)cc1OC. The molecular formula is C21H23NO5. The Morgan fingerprint density at radius 3 is 2.11 bits per heavy atom. The summed E-state index contributed by atoms with van der Waals surface area (Å²) in [7, 11) is 6.27. The first-order valence-electron chi connectivity index (χ1n) is 8.62. The van der Waals surface area contributed by atoms with E-state index >= 15 is 0 Å². The van der Waals surface area contributed by atoms with Gasteiger partial charge in [-0.1, -0.05) is 0 Å². The second-order valence-corrected chi connectivity index (χ2v) is 6.29. The zero-order valence-corrected chi connectivity index (χ0v) is 16.2. The third kappa shape index (κ3) is 3.47. The molecule has 2 aromatic rings. The van der Waals surface area contributed by atoms with Crippen molar-refractivity contribution in [3.8, 4) is 23.0 Å². The van der Waals surface area contributed by atoms with Crippen LogP contribution in [0, 0.1) is 0 Å². The Kier molecular flexibility index (Phi) is 5.35. The van der Waals surface area contributed by atoms with Gasteiger partial charge in [0.25, 0.3) is 0 Å². The van der Waals surface area contributed by atoms with Crippen LogP contribution in [-0.4, -0.2) is 46.0 Å². The molecule has 0 amide bonds. The quantitative estimate of drug-likeness (QED) is 0.731. The lowest BCUT2D eigenvalue weighted by atomic mass is 9.90. The minimum atomic E-state index is -0.170. The van der Waals surface area contributed by atoms with E-state index in [0.717, 1.165) is 17.5 Å². The third-order valence-corrected chi connectivity index (χ3v) is 4.59. The van der Waals surface area contributed by atoms with E-state index in [4.69, 9.17) is 18.9 Å². The van der Waals surface area contributed by atoms with Gasteiger partial charge in [-0.05, 0) is 49.2 Å². The summed E-state index contributed by atoms with van der Waals surface area (Å²) in [6, 6.07) is 8.83. The molecule has 0 spiro atoms. The van der Waals surface area contributed by atoms with Crippen LogP contribution in [0.25, 0.3) is 0 Å². The molecule has 1 heterocycles. The van der Waals surface area contributed by atoms with Crippen molar-refractivity contribution in [2.24, 2.45) is 4.99 Å². The molecule has 1 aliphatic heterocycles. The van der Waals surface area contributed by atoms with Crippen LogP contribution in [0.1, 0.15) is 28.4 Å². The normalized spacial score (nSPS) is 15.4. The molecular weight excluding hydrogens is 346 g/mol. The summed E-state index contributed by atoms with van der Waals surface area (Å²) in [6.07, 6.45) is 0.735. The van der Waals surface area contributed by atoms with Gasteiger partial charge in [0.1, 0.15) is 5.71 Å². The van der Waals surface area contributed by atoms with Crippen LogP contribution >= 0.6 is 0 Å². The number of rotatable bonds is 6. The highest BCUT2D eigenvalue weighted by molar-refractivity contribution is 6.52. The van der Waals surface area contributed by atoms with Crippen LogP contribution in [-0.2, 0) is 6.42 Å². The number of benzene rings is 2. The van der Waals surface area contributed by atoms with Gasteiger partial charge in [-0.3, -0.25) is 9.79 Å². The number of ether oxygens (including phenoxy) is 4. The zero-order valence-electron chi connectivity index (χ0n) is 16.2. The minimum Gasteiger partial charge on any atom is -0.493 e. The molecule has 1 aliphatic rings. The van der Waals surface area contributed by atoms with Crippen LogP contribution in [0.4, 0.5) is 0 Å². The lowest BCUT2D eigenvalue weighted by molar-refractivity contribution is 0.106. The van der Waals surface area contributed by atoms with Crippen molar-refractivity contribution in [3.63, 3.8) is 0 Å². The number of Topliss-reactive ketones (excluding diaryl/α,β-unsaturated/α-hetero) is 1. The van der Waals surface area contributed by atoms with Crippen molar-refractivity contribution >= 4 is 11.5 Å². The largest absolute Gasteiger partial charge is 0.493 e. The molecule has 27 heavy (non-hydrogen) atoms. The standard InChI is InChI=1S/C21H23NO5/c1-12-8-14-10-18(26-4)19(27-5)11-15(14)20(22-12)21(23)13-6-7-16(24-2)17(9-13)25-3/h6-7,9-12H,8H2,1-5H3. The molecule has 0 radical (unpaired) electrons. The monoisotopic (exact) mass is 369 g/mol. The van der Waals surface area contributed by atoms with E-state index in [-0.39, 0.29) is 11.8 Å². The fraction of sp³-hybridized carbons (Fsp3) is 0.333. The van der Waals surface area contributed by atoms with Crippen molar-refractivity contribution in [3.05, 3.63) is 47.0 Å². The summed E-state index contributed by atoms with van der Waals surface area (Å²) < 4.78 is 21.4. The first-order valence-corrected chi connectivity index (χ1v) is 8.62. The van der Waals surface area contributed by atoms with Crippen molar-refractivity contribution in [2.75, 3.05) is 28.4 Å². The summed E-state index contributed by atoms with van der Waals surface area (Å²) in [6.45, 7) is 1.99. The fourth-order valence-corrected chi connectivity index (χ4v) is 3.26. The molecule has 0 bridgehead atoms. The number of carbonyl (C=O) groups excluding carboxylic acids is 1. The Morgan fingerprint density at radius 2 is 1.48 bits per heavy atom. The van der Waals surface area contributed by atoms with Gasteiger partial charge in [0.15, 0.2) is 23.0 Å². The number of nitrogens with zero attached hydrogens (tertiary/aromatic N) is 1. The van der Waals surface area contributed by atoms with Gasteiger partial charge >= 0.3 is 0 Å². The molecule has 0 saturated carbocycles. The number of fused-ring (bicyclic) bond motifs is 1.